The summed E-state index contributed by atoms with van der Waals surface area (Å²) in [6.07, 6.45) is 4.01. The van der Waals surface area contributed by atoms with Gasteiger partial charge in [-0.1, -0.05) is 6.07 Å². The molecule has 3 heterocycles. The van der Waals surface area contributed by atoms with Crippen molar-refractivity contribution in [2.75, 3.05) is 18.4 Å². The summed E-state index contributed by atoms with van der Waals surface area (Å²) in [6, 6.07) is 7.23. The van der Waals surface area contributed by atoms with Crippen LogP contribution in [0.4, 0.5) is 5.82 Å². The van der Waals surface area contributed by atoms with Crippen LogP contribution in [0.3, 0.4) is 0 Å². The first-order valence-corrected chi connectivity index (χ1v) is 8.70. The van der Waals surface area contributed by atoms with Crippen LogP contribution in [0.1, 0.15) is 34.5 Å². The Hall–Kier alpha value is -1.89. The lowest BCUT2D eigenvalue weighted by Gasteiger charge is -2.23. The number of halogens is 2. The number of pyridine rings is 2. The topological polar surface area (TPSA) is 76.0 Å². The third-order valence-corrected chi connectivity index (χ3v) is 4.58. The van der Waals surface area contributed by atoms with Gasteiger partial charge in [0.1, 0.15) is 11.4 Å². The molecule has 0 saturated carbocycles. The Balaban J connectivity index is 0.00000182. The Labute approximate surface area is 171 Å². The van der Waals surface area contributed by atoms with E-state index in [-0.39, 0.29) is 35.9 Å². The normalized spacial score (nSPS) is 16.0. The zero-order valence-electron chi connectivity index (χ0n) is 15.5. The molecule has 0 aromatic carbocycles. The van der Waals surface area contributed by atoms with Gasteiger partial charge >= 0.3 is 0 Å². The Morgan fingerprint density at radius 3 is 2.74 bits per heavy atom. The maximum Gasteiger partial charge on any atom is 0.263 e. The van der Waals surface area contributed by atoms with E-state index >= 15 is 0 Å². The highest BCUT2D eigenvalue weighted by Crippen LogP contribution is 2.13. The lowest BCUT2D eigenvalue weighted by atomic mass is 9.99. The summed E-state index contributed by atoms with van der Waals surface area (Å²) in [5.74, 6) is 0.468. The number of aromatic nitrogens is 2. The van der Waals surface area contributed by atoms with E-state index in [1.807, 2.05) is 25.1 Å². The summed E-state index contributed by atoms with van der Waals surface area (Å²) in [7, 11) is 0. The molecule has 1 saturated heterocycles. The quantitative estimate of drug-likeness (QED) is 0.808. The standard InChI is InChI=1S/C19H24N4O2.2ClH/c1-13-8-10-23(12-15-6-4-9-20-11-15)19(25)17(13)18(24)22-16-7-3-5-14(2)21-16;;/h3,5,7-8,10,15,20H,4,6,9,11-12H2,1-2H3,(H,21,22,24);2*1H. The average Bonchev–Trinajstić information content (AvgIpc) is 2.58. The monoisotopic (exact) mass is 412 g/mol. The second-order valence-electron chi connectivity index (χ2n) is 6.66. The van der Waals surface area contributed by atoms with Crippen molar-refractivity contribution >= 4 is 36.5 Å². The number of hydrogen-bond donors (Lipinski definition) is 2. The van der Waals surface area contributed by atoms with Crippen LogP contribution in [0.15, 0.2) is 35.3 Å². The number of nitrogens with zero attached hydrogens (tertiary/aromatic N) is 2. The van der Waals surface area contributed by atoms with E-state index in [0.717, 1.165) is 31.6 Å². The van der Waals surface area contributed by atoms with Crippen molar-refractivity contribution in [1.82, 2.24) is 14.9 Å². The number of anilines is 1. The molecular formula is C19H26Cl2N4O2. The van der Waals surface area contributed by atoms with Gasteiger partial charge in [0.05, 0.1) is 0 Å². The van der Waals surface area contributed by atoms with Gasteiger partial charge in [0.2, 0.25) is 0 Å². The summed E-state index contributed by atoms with van der Waals surface area (Å²) in [5, 5.41) is 6.09. The van der Waals surface area contributed by atoms with Gasteiger partial charge in [0.15, 0.2) is 0 Å². The second kappa shape index (κ2) is 10.4. The number of nitrogens with one attached hydrogen (secondary N) is 2. The van der Waals surface area contributed by atoms with Gasteiger partial charge in [-0.05, 0) is 69.5 Å². The second-order valence-corrected chi connectivity index (χ2v) is 6.66. The van der Waals surface area contributed by atoms with E-state index in [1.165, 1.54) is 0 Å². The van der Waals surface area contributed by atoms with Crippen molar-refractivity contribution in [2.45, 2.75) is 33.2 Å². The van der Waals surface area contributed by atoms with Crippen LogP contribution in [-0.4, -0.2) is 28.5 Å². The molecular weight excluding hydrogens is 387 g/mol. The van der Waals surface area contributed by atoms with Gasteiger partial charge < -0.3 is 15.2 Å². The fraction of sp³-hybridized carbons (Fsp3) is 0.421. The molecule has 0 spiro atoms. The smallest absolute Gasteiger partial charge is 0.263 e. The van der Waals surface area contributed by atoms with Crippen molar-refractivity contribution in [3.8, 4) is 0 Å². The summed E-state index contributed by atoms with van der Waals surface area (Å²) >= 11 is 0. The van der Waals surface area contributed by atoms with E-state index in [1.54, 1.807) is 23.8 Å². The lowest BCUT2D eigenvalue weighted by molar-refractivity contribution is 0.102. The zero-order valence-corrected chi connectivity index (χ0v) is 17.2. The van der Waals surface area contributed by atoms with Crippen molar-refractivity contribution in [1.29, 1.82) is 0 Å². The highest BCUT2D eigenvalue weighted by Gasteiger charge is 2.19. The van der Waals surface area contributed by atoms with Crippen molar-refractivity contribution in [3.05, 3.63) is 57.6 Å². The highest BCUT2D eigenvalue weighted by molar-refractivity contribution is 6.04. The number of amides is 1. The van der Waals surface area contributed by atoms with Gasteiger partial charge in [-0.3, -0.25) is 9.59 Å². The largest absolute Gasteiger partial charge is 0.316 e. The van der Waals surface area contributed by atoms with Crippen molar-refractivity contribution < 1.29 is 4.79 Å². The Kier molecular flexibility index (Phi) is 8.96. The van der Waals surface area contributed by atoms with Gasteiger partial charge in [-0.15, -0.1) is 24.8 Å². The fourth-order valence-electron chi connectivity index (χ4n) is 3.23. The summed E-state index contributed by atoms with van der Waals surface area (Å²) in [4.78, 5) is 29.7. The van der Waals surface area contributed by atoms with Crippen LogP contribution in [0.5, 0.6) is 0 Å². The maximum absolute atomic E-state index is 12.8. The molecule has 1 aliphatic rings. The van der Waals surface area contributed by atoms with Crippen LogP contribution in [0, 0.1) is 19.8 Å². The fourth-order valence-corrected chi connectivity index (χ4v) is 3.23. The zero-order chi connectivity index (χ0) is 17.8. The van der Waals surface area contributed by atoms with Gasteiger partial charge in [0, 0.05) is 18.4 Å². The Morgan fingerprint density at radius 2 is 2.07 bits per heavy atom. The van der Waals surface area contributed by atoms with E-state index in [0.29, 0.717) is 23.8 Å². The van der Waals surface area contributed by atoms with Crippen LogP contribution in [-0.2, 0) is 6.54 Å². The molecule has 148 valence electrons. The van der Waals surface area contributed by atoms with Crippen molar-refractivity contribution in [2.24, 2.45) is 5.92 Å². The molecule has 2 aromatic rings. The minimum atomic E-state index is -0.406. The van der Waals surface area contributed by atoms with Crippen LogP contribution >= 0.6 is 24.8 Å². The molecule has 2 aromatic heterocycles. The number of hydrogen-bond acceptors (Lipinski definition) is 4. The molecule has 2 N–H and O–H groups in total. The summed E-state index contributed by atoms with van der Waals surface area (Å²) in [6.45, 7) is 6.22. The molecule has 1 aliphatic heterocycles. The molecule has 1 amide bonds. The van der Waals surface area contributed by atoms with Gasteiger partial charge in [-0.25, -0.2) is 4.98 Å². The summed E-state index contributed by atoms with van der Waals surface area (Å²) < 4.78 is 1.66. The predicted molar refractivity (Wildman–Crippen MR) is 112 cm³/mol. The van der Waals surface area contributed by atoms with Crippen LogP contribution < -0.4 is 16.2 Å². The molecule has 0 aliphatic carbocycles. The van der Waals surface area contributed by atoms with Gasteiger partial charge in [-0.2, -0.15) is 0 Å². The molecule has 0 bridgehead atoms. The van der Waals surface area contributed by atoms with Crippen molar-refractivity contribution in [3.63, 3.8) is 0 Å². The van der Waals surface area contributed by atoms with E-state index in [4.69, 9.17) is 0 Å². The Bertz CT molecular complexity index is 833. The minimum absolute atomic E-state index is 0. The third-order valence-electron chi connectivity index (χ3n) is 4.58. The Morgan fingerprint density at radius 1 is 1.30 bits per heavy atom. The number of piperidine rings is 1. The predicted octanol–water partition coefficient (Wildman–Crippen LogP) is 2.96. The van der Waals surface area contributed by atoms with Crippen LogP contribution in [0.25, 0.3) is 0 Å². The van der Waals surface area contributed by atoms with E-state index in [9.17, 15) is 9.59 Å². The molecule has 0 radical (unpaired) electrons. The minimum Gasteiger partial charge on any atom is -0.316 e. The van der Waals surface area contributed by atoms with Gasteiger partial charge in [0.25, 0.3) is 11.5 Å². The molecule has 27 heavy (non-hydrogen) atoms. The van der Waals surface area contributed by atoms with E-state index in [2.05, 4.69) is 15.6 Å². The lowest BCUT2D eigenvalue weighted by Crippen LogP contribution is -2.36. The maximum atomic E-state index is 12.8. The molecule has 8 heteroatoms. The first kappa shape index (κ1) is 23.1. The molecule has 6 nitrogen and oxygen atoms in total. The SMILES string of the molecule is Cc1cccc(NC(=O)c2c(C)ccn(CC3CCCNC3)c2=O)n1.Cl.Cl. The summed E-state index contributed by atoms with van der Waals surface area (Å²) in [5.41, 5.74) is 1.43. The highest BCUT2D eigenvalue weighted by atomic mass is 35.5. The number of carbonyl (C=O) groups is 1. The number of aryl methyl sites for hydroxylation is 2. The third kappa shape index (κ3) is 5.79. The number of carbonyl (C=O) groups excluding carboxylic acids is 1. The first-order valence-electron chi connectivity index (χ1n) is 8.70. The average molecular weight is 413 g/mol. The molecule has 1 unspecified atom stereocenters. The molecule has 1 fully saturated rings. The van der Waals surface area contributed by atoms with Crippen LogP contribution in [0.2, 0.25) is 0 Å². The number of rotatable bonds is 4. The molecule has 3 rings (SSSR count). The first-order chi connectivity index (χ1) is 12.0. The van der Waals surface area contributed by atoms with E-state index < -0.39 is 5.91 Å². The molecule has 1 atom stereocenters.